The Morgan fingerprint density at radius 1 is 1.50 bits per heavy atom. The van der Waals surface area contributed by atoms with E-state index in [-0.39, 0.29) is 16.4 Å². The van der Waals surface area contributed by atoms with Gasteiger partial charge < -0.3 is 9.64 Å². The third kappa shape index (κ3) is 4.57. The van der Waals surface area contributed by atoms with Crippen LogP contribution >= 0.6 is 15.9 Å². The monoisotopic (exact) mass is 344 g/mol. The van der Waals surface area contributed by atoms with Crippen molar-refractivity contribution in [3.05, 3.63) is 39.4 Å². The molecular weight excluding hydrogens is 328 g/mol. The minimum absolute atomic E-state index is 0.0150. The average Bonchev–Trinajstić information content (AvgIpc) is 2.37. The number of hydrogen-bond acceptors (Lipinski definition) is 4. The normalized spacial score (nSPS) is 12.0. The Morgan fingerprint density at radius 2 is 2.15 bits per heavy atom. The van der Waals surface area contributed by atoms with E-state index >= 15 is 0 Å². The molecule has 0 N–H and O–H groups in total. The molecule has 0 aromatic heterocycles. The number of aryl methyl sites for hydroxylation is 1. The van der Waals surface area contributed by atoms with Gasteiger partial charge >= 0.3 is 0 Å². The lowest BCUT2D eigenvalue weighted by molar-refractivity contribution is -0.384. The number of nitro groups is 1. The molecule has 20 heavy (non-hydrogen) atoms. The number of halogens is 1. The maximum Gasteiger partial charge on any atom is 0.270 e. The lowest BCUT2D eigenvalue weighted by atomic mass is 10.1. The number of amides is 1. The van der Waals surface area contributed by atoms with Crippen LogP contribution < -0.4 is 0 Å². The number of carbonyl (C=O) groups excluding carboxylic acids is 1. The number of methoxy groups -OCH3 is 1. The minimum atomic E-state index is -0.498. The number of carbonyl (C=O) groups is 1. The number of nitrogens with zero attached hydrogens (tertiary/aromatic N) is 2. The molecule has 0 bridgehead atoms. The molecule has 1 aromatic carbocycles. The SMILES string of the molecule is COCC(Br)CN(C)C(=O)c1cc(C)cc([N+](=O)[O-])c1. The topological polar surface area (TPSA) is 72.7 Å². The van der Waals surface area contributed by atoms with Gasteiger partial charge in [0.2, 0.25) is 0 Å². The van der Waals surface area contributed by atoms with Crippen LogP contribution in [0.1, 0.15) is 15.9 Å². The van der Waals surface area contributed by atoms with Gasteiger partial charge in [-0.3, -0.25) is 14.9 Å². The maximum atomic E-state index is 12.3. The highest BCUT2D eigenvalue weighted by molar-refractivity contribution is 9.09. The third-order valence-corrected chi connectivity index (χ3v) is 3.24. The highest BCUT2D eigenvalue weighted by Gasteiger charge is 2.18. The van der Waals surface area contributed by atoms with E-state index < -0.39 is 4.92 Å². The summed E-state index contributed by atoms with van der Waals surface area (Å²) >= 11 is 3.40. The number of non-ortho nitro benzene ring substituents is 1. The van der Waals surface area contributed by atoms with Crippen molar-refractivity contribution >= 4 is 27.5 Å². The van der Waals surface area contributed by atoms with E-state index in [0.29, 0.717) is 24.3 Å². The van der Waals surface area contributed by atoms with Crippen molar-refractivity contribution in [3.8, 4) is 0 Å². The Balaban J connectivity index is 2.88. The molecule has 0 radical (unpaired) electrons. The summed E-state index contributed by atoms with van der Waals surface area (Å²) in [6.07, 6.45) is 0. The van der Waals surface area contributed by atoms with Gasteiger partial charge in [-0.15, -0.1) is 0 Å². The number of rotatable bonds is 6. The van der Waals surface area contributed by atoms with Crippen molar-refractivity contribution in [2.24, 2.45) is 0 Å². The van der Waals surface area contributed by atoms with Crippen LogP contribution in [-0.2, 0) is 4.74 Å². The maximum absolute atomic E-state index is 12.3. The first-order chi connectivity index (χ1) is 9.35. The fraction of sp³-hybridized carbons (Fsp3) is 0.462. The molecule has 110 valence electrons. The van der Waals surface area contributed by atoms with Crippen LogP contribution in [0, 0.1) is 17.0 Å². The lowest BCUT2D eigenvalue weighted by Gasteiger charge is -2.20. The van der Waals surface area contributed by atoms with Gasteiger partial charge in [-0.1, -0.05) is 15.9 Å². The summed E-state index contributed by atoms with van der Waals surface area (Å²) in [6.45, 7) is 2.65. The van der Waals surface area contributed by atoms with Gasteiger partial charge in [0, 0.05) is 38.4 Å². The smallest absolute Gasteiger partial charge is 0.270 e. The number of ether oxygens (including phenoxy) is 1. The zero-order chi connectivity index (χ0) is 15.3. The van der Waals surface area contributed by atoms with Gasteiger partial charge in [0.25, 0.3) is 11.6 Å². The van der Waals surface area contributed by atoms with Gasteiger partial charge in [-0.2, -0.15) is 0 Å². The Kier molecular flexibility index (Phi) is 6.09. The summed E-state index contributed by atoms with van der Waals surface area (Å²) in [5.74, 6) is -0.252. The zero-order valence-electron chi connectivity index (χ0n) is 11.6. The van der Waals surface area contributed by atoms with E-state index in [4.69, 9.17) is 4.74 Å². The first-order valence-electron chi connectivity index (χ1n) is 5.99. The fourth-order valence-corrected chi connectivity index (χ4v) is 2.52. The summed E-state index contributed by atoms with van der Waals surface area (Å²) in [5.41, 5.74) is 0.925. The molecule has 0 spiro atoms. The van der Waals surface area contributed by atoms with Gasteiger partial charge in [-0.05, 0) is 18.6 Å². The van der Waals surface area contributed by atoms with Crippen LogP contribution in [0.15, 0.2) is 18.2 Å². The highest BCUT2D eigenvalue weighted by Crippen LogP contribution is 2.18. The van der Waals surface area contributed by atoms with Crippen LogP contribution in [0.25, 0.3) is 0 Å². The quantitative estimate of drug-likeness (QED) is 0.451. The molecule has 0 aliphatic heterocycles. The highest BCUT2D eigenvalue weighted by atomic mass is 79.9. The van der Waals surface area contributed by atoms with Crippen LogP contribution in [0.5, 0.6) is 0 Å². The van der Waals surface area contributed by atoms with Crippen LogP contribution in [0.4, 0.5) is 5.69 Å². The molecule has 1 amide bonds. The second-order valence-corrected chi connectivity index (χ2v) is 5.85. The van der Waals surface area contributed by atoms with Gasteiger partial charge in [-0.25, -0.2) is 0 Å². The van der Waals surface area contributed by atoms with E-state index in [9.17, 15) is 14.9 Å². The molecule has 1 unspecified atom stereocenters. The summed E-state index contributed by atoms with van der Waals surface area (Å²) in [5, 5.41) is 10.8. The lowest BCUT2D eigenvalue weighted by Crippen LogP contribution is -2.33. The van der Waals surface area contributed by atoms with Crippen molar-refractivity contribution in [2.45, 2.75) is 11.8 Å². The molecular formula is C13H17BrN2O4. The summed E-state index contributed by atoms with van der Waals surface area (Å²) < 4.78 is 4.99. The van der Waals surface area contributed by atoms with Crippen molar-refractivity contribution in [1.29, 1.82) is 0 Å². The molecule has 0 aliphatic carbocycles. The zero-order valence-corrected chi connectivity index (χ0v) is 13.2. The molecule has 0 saturated heterocycles. The van der Waals surface area contributed by atoms with Crippen molar-refractivity contribution < 1.29 is 14.5 Å². The number of benzene rings is 1. The number of alkyl halides is 1. The predicted molar refractivity (Wildman–Crippen MR) is 79.4 cm³/mol. The number of hydrogen-bond donors (Lipinski definition) is 0. The molecule has 1 aromatic rings. The van der Waals surface area contributed by atoms with Gasteiger partial charge in [0.05, 0.1) is 16.4 Å². The van der Waals surface area contributed by atoms with Crippen molar-refractivity contribution in [1.82, 2.24) is 4.90 Å². The standard InChI is InChI=1S/C13H17BrN2O4/c1-9-4-10(6-12(5-9)16(18)19)13(17)15(2)7-11(14)8-20-3/h4-6,11H,7-8H2,1-3H3. The summed E-state index contributed by atoms with van der Waals surface area (Å²) in [7, 11) is 3.24. The molecule has 1 atom stereocenters. The molecule has 0 aliphatic rings. The Bertz CT molecular complexity index is 507. The molecule has 7 heteroatoms. The molecule has 0 heterocycles. The fourth-order valence-electron chi connectivity index (χ4n) is 1.83. The third-order valence-electron chi connectivity index (χ3n) is 2.69. The molecule has 1 rings (SSSR count). The summed E-state index contributed by atoms with van der Waals surface area (Å²) in [6, 6.07) is 4.38. The second-order valence-electron chi connectivity index (χ2n) is 4.55. The number of nitro benzene ring substituents is 1. The largest absolute Gasteiger partial charge is 0.383 e. The summed E-state index contributed by atoms with van der Waals surface area (Å²) in [4.78, 5) is 24.1. The van der Waals surface area contributed by atoms with E-state index in [1.54, 1.807) is 27.1 Å². The molecule has 6 nitrogen and oxygen atoms in total. The van der Waals surface area contributed by atoms with Crippen LogP contribution in [-0.4, -0.2) is 47.9 Å². The Hall–Kier alpha value is -1.47. The Labute approximate surface area is 126 Å². The van der Waals surface area contributed by atoms with E-state index in [0.717, 1.165) is 0 Å². The second kappa shape index (κ2) is 7.35. The van der Waals surface area contributed by atoms with Crippen molar-refractivity contribution in [3.63, 3.8) is 0 Å². The molecule has 0 saturated carbocycles. The van der Waals surface area contributed by atoms with Crippen LogP contribution in [0.3, 0.4) is 0 Å². The van der Waals surface area contributed by atoms with Crippen LogP contribution in [0.2, 0.25) is 0 Å². The predicted octanol–water partition coefficient (Wildman–Crippen LogP) is 2.39. The van der Waals surface area contributed by atoms with E-state index in [1.807, 2.05) is 0 Å². The van der Waals surface area contributed by atoms with E-state index in [2.05, 4.69) is 15.9 Å². The average molecular weight is 345 g/mol. The van der Waals surface area contributed by atoms with E-state index in [1.165, 1.54) is 17.0 Å². The first-order valence-corrected chi connectivity index (χ1v) is 6.91. The first kappa shape index (κ1) is 16.6. The van der Waals surface area contributed by atoms with Crippen molar-refractivity contribution in [2.75, 3.05) is 27.3 Å². The van der Waals surface area contributed by atoms with Gasteiger partial charge in [0.15, 0.2) is 0 Å². The molecule has 0 fully saturated rings. The Morgan fingerprint density at radius 3 is 2.70 bits per heavy atom. The van der Waals surface area contributed by atoms with Gasteiger partial charge in [0.1, 0.15) is 0 Å². The minimum Gasteiger partial charge on any atom is -0.383 e.